The molecule has 0 radical (unpaired) electrons. The van der Waals surface area contributed by atoms with Crippen molar-refractivity contribution in [3.63, 3.8) is 0 Å². The van der Waals surface area contributed by atoms with Gasteiger partial charge in [-0.2, -0.15) is 10.2 Å². The average Bonchev–Trinajstić information content (AvgIpc) is 3.37. The molecule has 0 aliphatic carbocycles. The number of benzene rings is 1. The van der Waals surface area contributed by atoms with Crippen molar-refractivity contribution < 1.29 is 9.26 Å². The quantitative estimate of drug-likeness (QED) is 0.461. The number of hydrogen-bond donors (Lipinski definition) is 0. The summed E-state index contributed by atoms with van der Waals surface area (Å²) in [7, 11) is 1.63. The third-order valence-electron chi connectivity index (χ3n) is 6.34. The first-order chi connectivity index (χ1) is 16.1. The molecule has 1 aliphatic heterocycles. The van der Waals surface area contributed by atoms with E-state index in [0.29, 0.717) is 23.8 Å². The van der Waals surface area contributed by atoms with Crippen LogP contribution in [0.3, 0.4) is 0 Å². The molecule has 1 saturated heterocycles. The molecule has 0 spiro atoms. The minimum atomic E-state index is -0.186. The average molecular weight is 446 g/mol. The molecule has 170 valence electrons. The van der Waals surface area contributed by atoms with E-state index >= 15 is 0 Å². The number of rotatable bonds is 5. The van der Waals surface area contributed by atoms with Gasteiger partial charge in [-0.05, 0) is 44.0 Å². The van der Waals surface area contributed by atoms with Crippen LogP contribution in [-0.2, 0) is 11.3 Å². The van der Waals surface area contributed by atoms with Crippen LogP contribution < -0.4 is 4.90 Å². The smallest absolute Gasteiger partial charge is 0.240 e. The van der Waals surface area contributed by atoms with Crippen molar-refractivity contribution in [1.82, 2.24) is 24.4 Å². The molecule has 33 heavy (non-hydrogen) atoms. The number of nitrogens with zero attached hydrogens (tertiary/aromatic N) is 7. The Labute approximate surface area is 192 Å². The van der Waals surface area contributed by atoms with Gasteiger partial charge in [-0.25, -0.2) is 4.98 Å². The number of pyridine rings is 1. The number of methoxy groups -OCH3 is 1. The van der Waals surface area contributed by atoms with Crippen LogP contribution in [0.1, 0.15) is 42.3 Å². The maximum Gasteiger partial charge on any atom is 0.240 e. The highest BCUT2D eigenvalue weighted by atomic mass is 16.5. The molecule has 0 saturated carbocycles. The fraction of sp³-hybridized carbons (Fsp3) is 0.417. The van der Waals surface area contributed by atoms with Gasteiger partial charge >= 0.3 is 0 Å². The van der Waals surface area contributed by atoms with Gasteiger partial charge < -0.3 is 14.2 Å². The van der Waals surface area contributed by atoms with Gasteiger partial charge in [0.1, 0.15) is 18.0 Å². The van der Waals surface area contributed by atoms with E-state index in [4.69, 9.17) is 14.2 Å². The third-order valence-corrected chi connectivity index (χ3v) is 6.34. The minimum Gasteiger partial charge on any atom is -0.374 e. The summed E-state index contributed by atoms with van der Waals surface area (Å²) in [6, 6.07) is 12.5. The van der Waals surface area contributed by atoms with Crippen LogP contribution in [0.4, 0.5) is 5.82 Å². The molecule has 1 unspecified atom stereocenters. The van der Waals surface area contributed by atoms with Crippen molar-refractivity contribution >= 4 is 22.5 Å². The molecule has 4 aromatic rings. The van der Waals surface area contributed by atoms with Gasteiger partial charge in [-0.1, -0.05) is 17.3 Å². The van der Waals surface area contributed by atoms with Crippen LogP contribution in [0.25, 0.3) is 16.7 Å². The number of fused-ring (bicyclic) bond motifs is 3. The second-order valence-electron chi connectivity index (χ2n) is 8.47. The minimum absolute atomic E-state index is 0.186. The number of aryl methyl sites for hydroxylation is 1. The topological polar surface area (TPSA) is 95.7 Å². The maximum atomic E-state index is 9.76. The van der Waals surface area contributed by atoms with Crippen molar-refractivity contribution in [2.75, 3.05) is 38.2 Å². The summed E-state index contributed by atoms with van der Waals surface area (Å²) in [5.74, 6) is 2.26. The molecule has 1 fully saturated rings. The molecular formula is C24H27N7O2. The van der Waals surface area contributed by atoms with Gasteiger partial charge in [0, 0.05) is 33.3 Å². The Morgan fingerprint density at radius 1 is 1.18 bits per heavy atom. The Bertz CT molecular complexity index is 1340. The van der Waals surface area contributed by atoms with Gasteiger partial charge in [-0.3, -0.25) is 9.30 Å². The van der Waals surface area contributed by atoms with E-state index in [1.54, 1.807) is 7.11 Å². The van der Waals surface area contributed by atoms with E-state index in [-0.39, 0.29) is 6.10 Å². The number of para-hydroxylation sites is 2. The molecule has 9 heteroatoms. The molecule has 1 aliphatic rings. The molecule has 1 aromatic carbocycles. The predicted molar refractivity (Wildman–Crippen MR) is 124 cm³/mol. The molecule has 0 bridgehead atoms. The lowest BCUT2D eigenvalue weighted by atomic mass is 10.1. The Hall–Kier alpha value is -3.48. The molecule has 5 rings (SSSR count). The molecule has 0 amide bonds. The van der Waals surface area contributed by atoms with Crippen molar-refractivity contribution in [1.29, 1.82) is 5.26 Å². The summed E-state index contributed by atoms with van der Waals surface area (Å²) in [6.45, 7) is 8.08. The van der Waals surface area contributed by atoms with Gasteiger partial charge in [0.15, 0.2) is 11.5 Å². The van der Waals surface area contributed by atoms with Gasteiger partial charge in [0.2, 0.25) is 5.89 Å². The third kappa shape index (κ3) is 3.92. The molecule has 4 heterocycles. The lowest BCUT2D eigenvalue weighted by Crippen LogP contribution is -2.31. The fourth-order valence-corrected chi connectivity index (χ4v) is 4.46. The normalized spacial score (nSPS) is 16.2. The van der Waals surface area contributed by atoms with Crippen LogP contribution in [0.5, 0.6) is 0 Å². The van der Waals surface area contributed by atoms with E-state index in [9.17, 15) is 5.26 Å². The summed E-state index contributed by atoms with van der Waals surface area (Å²) in [5.41, 5.74) is 4.21. The molecular weight excluding hydrogens is 418 g/mol. The second kappa shape index (κ2) is 8.81. The number of aromatic nitrogens is 4. The number of ether oxygens (including phenoxy) is 1. The van der Waals surface area contributed by atoms with Crippen molar-refractivity contribution in [3.8, 4) is 6.07 Å². The van der Waals surface area contributed by atoms with E-state index < -0.39 is 0 Å². The Balaban J connectivity index is 1.42. The zero-order chi connectivity index (χ0) is 22.9. The van der Waals surface area contributed by atoms with Crippen LogP contribution in [-0.4, -0.2) is 57.7 Å². The Morgan fingerprint density at radius 2 is 2.03 bits per heavy atom. The molecule has 9 nitrogen and oxygen atoms in total. The summed E-state index contributed by atoms with van der Waals surface area (Å²) in [6.07, 6.45) is 0.817. The highest BCUT2D eigenvalue weighted by Crippen LogP contribution is 2.29. The van der Waals surface area contributed by atoms with E-state index in [1.807, 2.05) is 32.0 Å². The van der Waals surface area contributed by atoms with Crippen LogP contribution in [0.2, 0.25) is 0 Å². The van der Waals surface area contributed by atoms with Gasteiger partial charge in [0.25, 0.3) is 0 Å². The van der Waals surface area contributed by atoms with Crippen LogP contribution >= 0.6 is 0 Å². The highest BCUT2D eigenvalue weighted by molar-refractivity contribution is 5.85. The lowest BCUT2D eigenvalue weighted by molar-refractivity contribution is 0.109. The molecule has 0 N–H and O–H groups in total. The monoisotopic (exact) mass is 445 g/mol. The van der Waals surface area contributed by atoms with E-state index in [2.05, 4.69) is 42.5 Å². The zero-order valence-corrected chi connectivity index (χ0v) is 19.2. The molecule has 1 atom stereocenters. The Morgan fingerprint density at radius 3 is 2.85 bits per heavy atom. The highest BCUT2D eigenvalue weighted by Gasteiger charge is 2.23. The Kier molecular flexibility index (Phi) is 5.70. The maximum absolute atomic E-state index is 9.76. The number of imidazole rings is 1. The zero-order valence-electron chi connectivity index (χ0n) is 19.2. The predicted octanol–water partition coefficient (Wildman–Crippen LogP) is 3.47. The second-order valence-corrected chi connectivity index (χ2v) is 8.47. The summed E-state index contributed by atoms with van der Waals surface area (Å²) in [5, 5.41) is 13.8. The number of anilines is 1. The fourth-order valence-electron chi connectivity index (χ4n) is 4.46. The first kappa shape index (κ1) is 21.4. The summed E-state index contributed by atoms with van der Waals surface area (Å²) < 4.78 is 12.8. The SMILES string of the molecule is COC(C)c1noc(CN2CCCN(c3cc(C)c(C#N)c4nc5ccccc5n34)CC2)n1. The molecule has 3 aromatic heterocycles. The number of nitriles is 1. The first-order valence-corrected chi connectivity index (χ1v) is 11.2. The van der Waals surface area contributed by atoms with E-state index in [1.165, 1.54) is 0 Å². The van der Waals surface area contributed by atoms with Crippen molar-refractivity contribution in [2.45, 2.75) is 32.9 Å². The standard InChI is InChI=1S/C24H27N7O2/c1-16-13-22(31-20-8-5-4-7-19(20)26-24(31)18(16)14-25)30-10-6-9-29(11-12-30)15-21-27-23(28-33-21)17(2)32-3/h4-5,7-8,13,17H,6,9-12,15H2,1-3H3. The first-order valence-electron chi connectivity index (χ1n) is 11.2. The van der Waals surface area contributed by atoms with E-state index in [0.717, 1.165) is 60.7 Å². The summed E-state index contributed by atoms with van der Waals surface area (Å²) in [4.78, 5) is 14.0. The van der Waals surface area contributed by atoms with Gasteiger partial charge in [0.05, 0.1) is 23.1 Å². The van der Waals surface area contributed by atoms with Gasteiger partial charge in [-0.15, -0.1) is 0 Å². The largest absolute Gasteiger partial charge is 0.374 e. The van der Waals surface area contributed by atoms with Crippen LogP contribution in [0, 0.1) is 18.3 Å². The van der Waals surface area contributed by atoms with Crippen LogP contribution in [0.15, 0.2) is 34.9 Å². The summed E-state index contributed by atoms with van der Waals surface area (Å²) >= 11 is 0. The number of hydrogen-bond acceptors (Lipinski definition) is 8. The lowest BCUT2D eigenvalue weighted by Gasteiger charge is -2.25. The van der Waals surface area contributed by atoms with Crippen molar-refractivity contribution in [2.24, 2.45) is 0 Å². The van der Waals surface area contributed by atoms with Crippen molar-refractivity contribution in [3.05, 3.63) is 53.2 Å².